The molecule has 1 aliphatic rings. The predicted molar refractivity (Wildman–Crippen MR) is 124 cm³/mol. The summed E-state index contributed by atoms with van der Waals surface area (Å²) in [4.78, 5) is 4.25. The van der Waals surface area contributed by atoms with Gasteiger partial charge < -0.3 is 10.6 Å². The molecule has 2 N–H and O–H groups in total. The number of hydrogen-bond donors (Lipinski definition) is 2. The van der Waals surface area contributed by atoms with Crippen molar-refractivity contribution in [2.75, 3.05) is 39.5 Å². The molecular weight excluding hydrogens is 499 g/mol. The summed E-state index contributed by atoms with van der Waals surface area (Å²) in [6.45, 7) is 4.31. The summed E-state index contributed by atoms with van der Waals surface area (Å²) >= 11 is 6.12. The van der Waals surface area contributed by atoms with Gasteiger partial charge >= 0.3 is 0 Å². The molecule has 0 unspecified atom stereocenters. The van der Waals surface area contributed by atoms with Crippen molar-refractivity contribution >= 4 is 51.6 Å². The molecule has 27 heavy (non-hydrogen) atoms. The molecule has 0 bridgehead atoms. The van der Waals surface area contributed by atoms with E-state index >= 15 is 0 Å². The Labute approximate surface area is 185 Å². The van der Waals surface area contributed by atoms with Gasteiger partial charge in [-0.1, -0.05) is 30.7 Å². The zero-order chi connectivity index (χ0) is 19.2. The lowest BCUT2D eigenvalue weighted by molar-refractivity contribution is 0.424. The first-order chi connectivity index (χ1) is 12.3. The van der Waals surface area contributed by atoms with Gasteiger partial charge in [-0.2, -0.15) is 0 Å². The van der Waals surface area contributed by atoms with Crippen molar-refractivity contribution in [1.82, 2.24) is 14.9 Å². The lowest BCUT2D eigenvalue weighted by Crippen LogP contribution is -2.42. The Hall–Kier alpha value is -0.580. The van der Waals surface area contributed by atoms with E-state index in [0.29, 0.717) is 19.6 Å². The van der Waals surface area contributed by atoms with E-state index in [4.69, 9.17) is 11.6 Å². The molecule has 154 valence electrons. The van der Waals surface area contributed by atoms with Crippen LogP contribution in [0.5, 0.6) is 0 Å². The van der Waals surface area contributed by atoms with E-state index < -0.39 is 10.0 Å². The van der Waals surface area contributed by atoms with Crippen LogP contribution in [0.3, 0.4) is 0 Å². The van der Waals surface area contributed by atoms with Crippen LogP contribution in [0.1, 0.15) is 31.7 Å². The van der Waals surface area contributed by atoms with Gasteiger partial charge in [0.1, 0.15) is 0 Å². The molecule has 1 aromatic carbocycles. The Morgan fingerprint density at radius 2 is 2.04 bits per heavy atom. The quantitative estimate of drug-likeness (QED) is 0.224. The van der Waals surface area contributed by atoms with Crippen LogP contribution < -0.4 is 10.6 Å². The van der Waals surface area contributed by atoms with Crippen molar-refractivity contribution in [3.8, 4) is 0 Å². The highest BCUT2D eigenvalue weighted by molar-refractivity contribution is 14.0. The van der Waals surface area contributed by atoms with Crippen LogP contribution in [0.4, 0.5) is 0 Å². The molecule has 0 saturated heterocycles. The molecule has 0 heterocycles. The maximum atomic E-state index is 11.6. The zero-order valence-corrected chi connectivity index (χ0v) is 20.1. The summed E-state index contributed by atoms with van der Waals surface area (Å²) in [6.07, 6.45) is 4.24. The fourth-order valence-corrected chi connectivity index (χ4v) is 4.15. The molecule has 0 aromatic heterocycles. The number of aliphatic imine (C=N–C) groups is 1. The molecule has 0 aliphatic heterocycles. The van der Waals surface area contributed by atoms with Gasteiger partial charge in [0.05, 0.1) is 6.26 Å². The Morgan fingerprint density at radius 1 is 1.33 bits per heavy atom. The molecule has 0 amide bonds. The number of nitrogens with zero attached hydrogens (tertiary/aromatic N) is 2. The largest absolute Gasteiger partial charge is 0.356 e. The second-order valence-corrected chi connectivity index (χ2v) is 9.17. The first kappa shape index (κ1) is 24.5. The van der Waals surface area contributed by atoms with E-state index in [1.165, 1.54) is 16.1 Å². The number of guanidine groups is 1. The van der Waals surface area contributed by atoms with Gasteiger partial charge in [-0.15, -0.1) is 24.0 Å². The van der Waals surface area contributed by atoms with Crippen LogP contribution in [0.15, 0.2) is 29.3 Å². The summed E-state index contributed by atoms with van der Waals surface area (Å²) in [7, 11) is -1.39. The molecular formula is C18H30ClIN4O2S. The van der Waals surface area contributed by atoms with Crippen LogP contribution in [0.2, 0.25) is 5.02 Å². The maximum absolute atomic E-state index is 11.6. The van der Waals surface area contributed by atoms with Gasteiger partial charge in [0.15, 0.2) is 5.96 Å². The highest BCUT2D eigenvalue weighted by atomic mass is 127. The number of nitrogens with one attached hydrogen (secondary N) is 2. The monoisotopic (exact) mass is 528 g/mol. The van der Waals surface area contributed by atoms with Crippen molar-refractivity contribution in [3.63, 3.8) is 0 Å². The molecule has 0 radical (unpaired) electrons. The number of sulfonamides is 1. The molecule has 1 fully saturated rings. The highest BCUT2D eigenvalue weighted by Gasteiger charge is 2.44. The topological polar surface area (TPSA) is 73.8 Å². The minimum Gasteiger partial charge on any atom is -0.356 e. The van der Waals surface area contributed by atoms with Gasteiger partial charge in [0.2, 0.25) is 10.0 Å². The average Bonchev–Trinajstić information content (AvgIpc) is 3.37. The van der Waals surface area contributed by atoms with E-state index in [1.807, 2.05) is 25.1 Å². The maximum Gasteiger partial charge on any atom is 0.211 e. The summed E-state index contributed by atoms with van der Waals surface area (Å²) in [5.41, 5.74) is 1.40. The van der Waals surface area contributed by atoms with Gasteiger partial charge in [-0.25, -0.2) is 12.7 Å². The third-order valence-corrected chi connectivity index (χ3v) is 6.42. The molecule has 0 atom stereocenters. The van der Waals surface area contributed by atoms with Gasteiger partial charge in [-0.3, -0.25) is 4.99 Å². The Morgan fingerprint density at radius 3 is 2.56 bits per heavy atom. The summed E-state index contributed by atoms with van der Waals surface area (Å²) in [5, 5.41) is 7.41. The number of benzene rings is 1. The van der Waals surface area contributed by atoms with Crippen molar-refractivity contribution in [3.05, 3.63) is 34.9 Å². The van der Waals surface area contributed by atoms with Gasteiger partial charge in [0.25, 0.3) is 0 Å². The van der Waals surface area contributed by atoms with E-state index in [1.54, 1.807) is 7.05 Å². The molecule has 1 saturated carbocycles. The normalized spacial score (nSPS) is 16.0. The third kappa shape index (κ3) is 7.40. The van der Waals surface area contributed by atoms with Crippen molar-refractivity contribution in [2.24, 2.45) is 4.99 Å². The Kier molecular flexibility index (Phi) is 9.81. The Balaban J connectivity index is 0.00000364. The lowest BCUT2D eigenvalue weighted by atomic mass is 9.96. The van der Waals surface area contributed by atoms with E-state index in [-0.39, 0.29) is 29.4 Å². The van der Waals surface area contributed by atoms with Gasteiger partial charge in [-0.05, 0) is 37.0 Å². The zero-order valence-electron chi connectivity index (χ0n) is 16.2. The first-order valence-electron chi connectivity index (χ1n) is 8.96. The van der Waals surface area contributed by atoms with Crippen LogP contribution in [-0.2, 0) is 15.4 Å². The van der Waals surface area contributed by atoms with E-state index in [0.717, 1.165) is 36.8 Å². The average molecular weight is 529 g/mol. The summed E-state index contributed by atoms with van der Waals surface area (Å²) < 4.78 is 24.6. The summed E-state index contributed by atoms with van der Waals surface area (Å²) in [6, 6.07) is 8.05. The predicted octanol–water partition coefficient (Wildman–Crippen LogP) is 2.83. The summed E-state index contributed by atoms with van der Waals surface area (Å²) in [5.74, 6) is 0.737. The first-order valence-corrected chi connectivity index (χ1v) is 11.2. The van der Waals surface area contributed by atoms with E-state index in [2.05, 4.69) is 21.7 Å². The smallest absolute Gasteiger partial charge is 0.211 e. The van der Waals surface area contributed by atoms with Crippen molar-refractivity contribution in [2.45, 2.75) is 31.6 Å². The van der Waals surface area contributed by atoms with E-state index in [9.17, 15) is 8.42 Å². The number of rotatable bonds is 9. The molecule has 1 aliphatic carbocycles. The standard InChI is InChI=1S/C18H29ClN4O2S.HI/c1-4-23(26(3,24)25)12-6-11-21-17(20-2)22-14-18(9-10-18)15-7-5-8-16(19)13-15;/h5,7-8,13H,4,6,9-12,14H2,1-3H3,(H2,20,21,22);1H. The number of halogens is 2. The lowest BCUT2D eigenvalue weighted by Gasteiger charge is -2.20. The van der Waals surface area contributed by atoms with Crippen LogP contribution in [0.25, 0.3) is 0 Å². The second kappa shape index (κ2) is 10.8. The molecule has 9 heteroatoms. The van der Waals surface area contributed by atoms with Crippen molar-refractivity contribution < 1.29 is 8.42 Å². The SMILES string of the molecule is CCN(CCCNC(=NC)NCC1(c2cccc(Cl)c2)CC1)S(C)(=O)=O.I. The van der Waals surface area contributed by atoms with Gasteiger partial charge in [0, 0.05) is 43.7 Å². The van der Waals surface area contributed by atoms with Crippen LogP contribution in [-0.4, -0.2) is 58.2 Å². The molecule has 2 rings (SSSR count). The van der Waals surface area contributed by atoms with Crippen LogP contribution >= 0.6 is 35.6 Å². The highest BCUT2D eigenvalue weighted by Crippen LogP contribution is 2.48. The number of hydrogen-bond acceptors (Lipinski definition) is 3. The second-order valence-electron chi connectivity index (χ2n) is 6.75. The minimum absolute atomic E-state index is 0. The Bertz CT molecular complexity index is 739. The third-order valence-electron chi connectivity index (χ3n) is 4.81. The fourth-order valence-electron chi connectivity index (χ4n) is 3.03. The van der Waals surface area contributed by atoms with Crippen molar-refractivity contribution in [1.29, 1.82) is 0 Å². The fraction of sp³-hybridized carbons (Fsp3) is 0.611. The molecule has 1 aromatic rings. The molecule has 6 nitrogen and oxygen atoms in total. The van der Waals surface area contributed by atoms with Crippen LogP contribution in [0, 0.1) is 0 Å². The molecule has 0 spiro atoms. The minimum atomic E-state index is -3.13.